The van der Waals surface area contributed by atoms with Crippen molar-refractivity contribution in [1.29, 1.82) is 0 Å². The number of benzene rings is 1. The molecule has 0 bridgehead atoms. The van der Waals surface area contributed by atoms with Gasteiger partial charge in [0.05, 0.1) is 6.33 Å². The molecule has 0 spiro atoms. The van der Waals surface area contributed by atoms with Crippen molar-refractivity contribution in [2.45, 2.75) is 90.5 Å². The van der Waals surface area contributed by atoms with E-state index in [1.165, 1.54) is 69.8 Å². The van der Waals surface area contributed by atoms with Gasteiger partial charge in [-0.15, -0.1) is 0 Å². The Kier molecular flexibility index (Phi) is 10.2. The van der Waals surface area contributed by atoms with Crippen LogP contribution in [0.1, 0.15) is 89.7 Å². The predicted octanol–water partition coefficient (Wildman–Crippen LogP) is 7.22. The highest BCUT2D eigenvalue weighted by atomic mass is 15.1. The van der Waals surface area contributed by atoms with Gasteiger partial charge in [0.1, 0.15) is 0 Å². The molecule has 0 radical (unpaired) electrons. The maximum Gasteiger partial charge on any atom is 0.0948 e. The van der Waals surface area contributed by atoms with Gasteiger partial charge in [0.15, 0.2) is 0 Å². The Morgan fingerprint density at radius 1 is 0.885 bits per heavy atom. The molecule has 2 atom stereocenters. The highest BCUT2D eigenvalue weighted by Gasteiger charge is 2.21. The van der Waals surface area contributed by atoms with Crippen LogP contribution in [0.3, 0.4) is 0 Å². The minimum Gasteiger partial charge on any atom is -0.334 e. The van der Waals surface area contributed by atoms with Gasteiger partial charge in [-0.2, -0.15) is 0 Å². The van der Waals surface area contributed by atoms with Crippen LogP contribution in [-0.4, -0.2) is 9.55 Å². The molecule has 0 aliphatic heterocycles. The van der Waals surface area contributed by atoms with E-state index in [9.17, 15) is 0 Å². The molecule has 144 valence electrons. The van der Waals surface area contributed by atoms with E-state index in [4.69, 9.17) is 0 Å². The first-order chi connectivity index (χ1) is 12.8. The molecule has 2 aromatic rings. The Hall–Kier alpha value is -1.57. The maximum atomic E-state index is 4.32. The number of aromatic nitrogens is 2. The Bertz CT molecular complexity index is 547. The normalized spacial score (nSPS) is 13.6. The Balaban J connectivity index is 1.83. The van der Waals surface area contributed by atoms with Crippen LogP contribution in [0.2, 0.25) is 0 Å². The van der Waals surface area contributed by atoms with Gasteiger partial charge in [-0.05, 0) is 24.3 Å². The summed E-state index contributed by atoms with van der Waals surface area (Å²) in [6.45, 7) is 4.63. The van der Waals surface area contributed by atoms with Gasteiger partial charge in [0.2, 0.25) is 0 Å². The molecule has 0 amide bonds. The molecular weight excluding hydrogens is 316 g/mol. The molecular formula is C24H38N2. The van der Waals surface area contributed by atoms with Gasteiger partial charge < -0.3 is 4.57 Å². The van der Waals surface area contributed by atoms with Gasteiger partial charge in [-0.1, -0.05) is 102 Å². The number of hydrogen-bond acceptors (Lipinski definition) is 1. The van der Waals surface area contributed by atoms with Crippen molar-refractivity contribution in [3.05, 3.63) is 54.6 Å². The summed E-state index contributed by atoms with van der Waals surface area (Å²) in [6.07, 6.45) is 20.9. The van der Waals surface area contributed by atoms with Gasteiger partial charge in [0.25, 0.3) is 0 Å². The fourth-order valence-corrected chi connectivity index (χ4v) is 4.05. The second kappa shape index (κ2) is 12.7. The lowest BCUT2D eigenvalue weighted by Gasteiger charge is -2.28. The number of unbranched alkanes of at least 4 members (excludes halogenated alkanes) is 7. The zero-order valence-electron chi connectivity index (χ0n) is 16.9. The third-order valence-corrected chi connectivity index (χ3v) is 5.67. The van der Waals surface area contributed by atoms with Crippen LogP contribution >= 0.6 is 0 Å². The first kappa shape index (κ1) is 20.7. The van der Waals surface area contributed by atoms with Crippen molar-refractivity contribution in [2.24, 2.45) is 5.92 Å². The Labute approximate surface area is 161 Å². The van der Waals surface area contributed by atoms with Crippen LogP contribution in [0.5, 0.6) is 0 Å². The summed E-state index contributed by atoms with van der Waals surface area (Å²) in [5.74, 6) is 0.677. The van der Waals surface area contributed by atoms with Crippen LogP contribution in [0.25, 0.3) is 0 Å². The number of imidazole rings is 1. The fraction of sp³-hybridized carbons (Fsp3) is 0.625. The summed E-state index contributed by atoms with van der Waals surface area (Å²) in [7, 11) is 0. The van der Waals surface area contributed by atoms with E-state index < -0.39 is 0 Å². The van der Waals surface area contributed by atoms with Gasteiger partial charge >= 0.3 is 0 Å². The topological polar surface area (TPSA) is 17.8 Å². The zero-order chi connectivity index (χ0) is 18.5. The zero-order valence-corrected chi connectivity index (χ0v) is 16.9. The minimum atomic E-state index is 0.572. The van der Waals surface area contributed by atoms with E-state index in [2.05, 4.69) is 59.9 Å². The molecule has 1 heterocycles. The van der Waals surface area contributed by atoms with Crippen LogP contribution < -0.4 is 0 Å². The van der Waals surface area contributed by atoms with Crippen molar-refractivity contribution in [1.82, 2.24) is 9.55 Å². The molecule has 0 saturated heterocycles. The molecule has 0 saturated carbocycles. The number of hydrogen-bond donors (Lipinski definition) is 0. The lowest BCUT2D eigenvalue weighted by Crippen LogP contribution is -2.20. The van der Waals surface area contributed by atoms with Crippen molar-refractivity contribution in [3.63, 3.8) is 0 Å². The monoisotopic (exact) mass is 354 g/mol. The van der Waals surface area contributed by atoms with Crippen LogP contribution in [0, 0.1) is 5.92 Å². The summed E-state index contributed by atoms with van der Waals surface area (Å²) in [6, 6.07) is 11.5. The highest BCUT2D eigenvalue weighted by molar-refractivity contribution is 5.15. The molecule has 1 aromatic carbocycles. The molecule has 0 N–H and O–H groups in total. The second-order valence-electron chi connectivity index (χ2n) is 7.70. The van der Waals surface area contributed by atoms with E-state index in [0.29, 0.717) is 12.0 Å². The van der Waals surface area contributed by atoms with Crippen LogP contribution in [0.15, 0.2) is 49.1 Å². The van der Waals surface area contributed by atoms with E-state index in [1.54, 1.807) is 0 Å². The van der Waals surface area contributed by atoms with Crippen molar-refractivity contribution in [2.75, 3.05) is 0 Å². The molecule has 1 aromatic heterocycles. The van der Waals surface area contributed by atoms with E-state index in [1.807, 2.05) is 12.5 Å². The molecule has 2 heteroatoms. The standard InChI is InChI=1S/C24H38N2/c1-3-5-6-7-8-9-10-14-17-24(26-19-18-25-21-26)23(4-2)20-22-15-12-11-13-16-22/h11-13,15-16,18-19,21,23-24H,3-10,14,17,20H2,1-2H3. The first-order valence-electron chi connectivity index (χ1n) is 10.9. The van der Waals surface area contributed by atoms with Gasteiger partial charge in [-0.25, -0.2) is 4.98 Å². The molecule has 0 aliphatic carbocycles. The third kappa shape index (κ3) is 7.35. The Morgan fingerprint density at radius 3 is 2.19 bits per heavy atom. The predicted molar refractivity (Wildman–Crippen MR) is 112 cm³/mol. The average molecular weight is 355 g/mol. The lowest BCUT2D eigenvalue weighted by molar-refractivity contribution is 0.290. The quantitative estimate of drug-likeness (QED) is 0.327. The largest absolute Gasteiger partial charge is 0.334 e. The molecule has 0 aliphatic rings. The molecule has 26 heavy (non-hydrogen) atoms. The fourth-order valence-electron chi connectivity index (χ4n) is 4.05. The SMILES string of the molecule is CCCCCCCCCCC(C(CC)Cc1ccccc1)n1ccnc1. The summed E-state index contributed by atoms with van der Waals surface area (Å²) in [5.41, 5.74) is 1.46. The van der Waals surface area contributed by atoms with E-state index in [0.717, 1.165) is 6.42 Å². The molecule has 2 rings (SSSR count). The molecule has 0 fully saturated rings. The maximum absolute atomic E-state index is 4.32. The van der Waals surface area contributed by atoms with Crippen LogP contribution in [-0.2, 0) is 6.42 Å². The van der Waals surface area contributed by atoms with Crippen LogP contribution in [0.4, 0.5) is 0 Å². The van der Waals surface area contributed by atoms with E-state index in [-0.39, 0.29) is 0 Å². The summed E-state index contributed by atoms with van der Waals surface area (Å²) in [5, 5.41) is 0. The summed E-state index contributed by atoms with van der Waals surface area (Å²) >= 11 is 0. The smallest absolute Gasteiger partial charge is 0.0948 e. The van der Waals surface area contributed by atoms with Gasteiger partial charge in [-0.3, -0.25) is 0 Å². The Morgan fingerprint density at radius 2 is 1.58 bits per heavy atom. The highest BCUT2D eigenvalue weighted by Crippen LogP contribution is 2.30. The first-order valence-corrected chi connectivity index (χ1v) is 10.9. The molecule has 2 unspecified atom stereocenters. The van der Waals surface area contributed by atoms with Crippen molar-refractivity contribution >= 4 is 0 Å². The van der Waals surface area contributed by atoms with Crippen molar-refractivity contribution < 1.29 is 0 Å². The van der Waals surface area contributed by atoms with Gasteiger partial charge in [0, 0.05) is 18.4 Å². The summed E-state index contributed by atoms with van der Waals surface area (Å²) in [4.78, 5) is 4.32. The van der Waals surface area contributed by atoms with E-state index >= 15 is 0 Å². The number of nitrogens with zero attached hydrogens (tertiary/aromatic N) is 2. The third-order valence-electron chi connectivity index (χ3n) is 5.67. The minimum absolute atomic E-state index is 0.572. The lowest BCUT2D eigenvalue weighted by atomic mass is 9.86. The summed E-state index contributed by atoms with van der Waals surface area (Å²) < 4.78 is 2.36. The number of rotatable bonds is 14. The molecule has 2 nitrogen and oxygen atoms in total. The average Bonchev–Trinajstić information content (AvgIpc) is 3.21. The second-order valence-corrected chi connectivity index (χ2v) is 7.70. The van der Waals surface area contributed by atoms with Crippen molar-refractivity contribution in [3.8, 4) is 0 Å².